The summed E-state index contributed by atoms with van der Waals surface area (Å²) in [5.74, 6) is 0. The lowest BCUT2D eigenvalue weighted by Crippen LogP contribution is -2.20. The molecule has 2 rings (SSSR count). The Kier molecular flexibility index (Phi) is 1.65. The first-order valence-electron chi connectivity index (χ1n) is 3.62. The topological polar surface area (TPSA) is 47.8 Å². The summed E-state index contributed by atoms with van der Waals surface area (Å²) in [5, 5.41) is 3.95. The molecule has 0 radical (unpaired) electrons. The van der Waals surface area contributed by atoms with Crippen molar-refractivity contribution >= 4 is 21.6 Å². The zero-order chi connectivity index (χ0) is 8.55. The number of nitrogens with zero attached hydrogens (tertiary/aromatic N) is 3. The van der Waals surface area contributed by atoms with Crippen LogP contribution in [0.2, 0.25) is 0 Å². The lowest BCUT2D eigenvalue weighted by molar-refractivity contribution is 0.623. The molecule has 62 valence electrons. The maximum Gasteiger partial charge on any atom is 0.286 e. The van der Waals surface area contributed by atoms with E-state index in [1.165, 1.54) is 16.0 Å². The molecule has 2 aromatic rings. The molecule has 2 heterocycles. The number of hydrogen-bond donors (Lipinski definition) is 0. The van der Waals surface area contributed by atoms with Crippen molar-refractivity contribution in [2.75, 3.05) is 0 Å². The number of aromatic nitrogens is 3. The summed E-state index contributed by atoms with van der Waals surface area (Å²) in [7, 11) is 0. The fraction of sp³-hybridized carbons (Fsp3) is 0.286. The Morgan fingerprint density at radius 2 is 2.50 bits per heavy atom. The molecule has 0 aliphatic rings. The van der Waals surface area contributed by atoms with Crippen molar-refractivity contribution in [2.24, 2.45) is 0 Å². The predicted octanol–water partition coefficient (Wildman–Crippen LogP) is 0.873. The first-order chi connectivity index (χ1) is 5.83. The summed E-state index contributed by atoms with van der Waals surface area (Å²) in [6.45, 7) is 2.49. The van der Waals surface area contributed by atoms with Crippen molar-refractivity contribution in [3.05, 3.63) is 22.1 Å². The second-order valence-corrected chi connectivity index (χ2v) is 3.19. The molecule has 5 heteroatoms. The average Bonchev–Trinajstić information content (AvgIpc) is 2.53. The van der Waals surface area contributed by atoms with Crippen LogP contribution in [-0.2, 0) is 6.54 Å². The van der Waals surface area contributed by atoms with Crippen LogP contribution in [0.1, 0.15) is 6.92 Å². The molecular weight excluding hydrogens is 174 g/mol. The first kappa shape index (κ1) is 7.42. The van der Waals surface area contributed by atoms with Gasteiger partial charge in [0.05, 0.1) is 11.7 Å². The molecule has 0 aliphatic carbocycles. The van der Waals surface area contributed by atoms with Gasteiger partial charge in [0, 0.05) is 6.54 Å². The van der Waals surface area contributed by atoms with E-state index in [-0.39, 0.29) is 5.56 Å². The number of aryl methyl sites for hydroxylation is 1. The standard InChI is InChI=1S/C7H7N3OS/c1-2-10-7(11)6-5(3-9-10)8-4-12-6/h3-4H,2H2,1H3. The molecule has 0 spiro atoms. The van der Waals surface area contributed by atoms with Crippen LogP contribution in [0.3, 0.4) is 0 Å². The first-order valence-corrected chi connectivity index (χ1v) is 4.50. The van der Waals surface area contributed by atoms with Gasteiger partial charge in [0.15, 0.2) is 0 Å². The van der Waals surface area contributed by atoms with Crippen LogP contribution in [0.5, 0.6) is 0 Å². The summed E-state index contributed by atoms with van der Waals surface area (Å²) in [6.07, 6.45) is 1.62. The van der Waals surface area contributed by atoms with Gasteiger partial charge >= 0.3 is 0 Å². The molecule has 0 amide bonds. The summed E-state index contributed by atoms with van der Waals surface area (Å²) < 4.78 is 2.12. The predicted molar refractivity (Wildman–Crippen MR) is 47.3 cm³/mol. The van der Waals surface area contributed by atoms with Crippen LogP contribution in [0.15, 0.2) is 16.5 Å². The summed E-state index contributed by atoms with van der Waals surface area (Å²) in [6, 6.07) is 0. The zero-order valence-corrected chi connectivity index (χ0v) is 7.34. The molecule has 0 fully saturated rings. The Labute approximate surface area is 72.5 Å². The van der Waals surface area contributed by atoms with Crippen LogP contribution < -0.4 is 5.56 Å². The second kappa shape index (κ2) is 2.67. The van der Waals surface area contributed by atoms with E-state index in [1.807, 2.05) is 6.92 Å². The van der Waals surface area contributed by atoms with E-state index in [0.29, 0.717) is 16.8 Å². The van der Waals surface area contributed by atoms with Crippen molar-refractivity contribution in [1.29, 1.82) is 0 Å². The molecular formula is C7H7N3OS. The van der Waals surface area contributed by atoms with Gasteiger partial charge in [-0.25, -0.2) is 9.67 Å². The highest BCUT2D eigenvalue weighted by atomic mass is 32.1. The Morgan fingerprint density at radius 1 is 1.67 bits per heavy atom. The van der Waals surface area contributed by atoms with E-state index < -0.39 is 0 Å². The average molecular weight is 181 g/mol. The Morgan fingerprint density at radius 3 is 3.25 bits per heavy atom. The second-order valence-electron chi connectivity index (χ2n) is 2.33. The van der Waals surface area contributed by atoms with Gasteiger partial charge in [-0.1, -0.05) is 0 Å². The third-order valence-corrected chi connectivity index (χ3v) is 2.47. The van der Waals surface area contributed by atoms with Gasteiger partial charge in [0.2, 0.25) is 0 Å². The Bertz CT molecular complexity index is 459. The number of thiazole rings is 1. The highest BCUT2D eigenvalue weighted by molar-refractivity contribution is 7.16. The monoisotopic (exact) mass is 181 g/mol. The van der Waals surface area contributed by atoms with E-state index in [0.717, 1.165) is 0 Å². The minimum absolute atomic E-state index is 0.0440. The van der Waals surface area contributed by atoms with Gasteiger partial charge in [-0.15, -0.1) is 11.3 Å². The third kappa shape index (κ3) is 0.937. The Balaban J connectivity index is 2.88. The molecule has 0 unspecified atom stereocenters. The van der Waals surface area contributed by atoms with Crippen molar-refractivity contribution in [3.8, 4) is 0 Å². The zero-order valence-electron chi connectivity index (χ0n) is 6.52. The molecule has 2 aromatic heterocycles. The minimum Gasteiger partial charge on any atom is -0.266 e. The molecule has 4 nitrogen and oxygen atoms in total. The van der Waals surface area contributed by atoms with Crippen molar-refractivity contribution in [2.45, 2.75) is 13.5 Å². The van der Waals surface area contributed by atoms with Crippen LogP contribution in [-0.4, -0.2) is 14.8 Å². The highest BCUT2D eigenvalue weighted by Gasteiger charge is 2.03. The van der Waals surface area contributed by atoms with Gasteiger partial charge in [-0.05, 0) is 6.92 Å². The molecule has 0 N–H and O–H groups in total. The van der Waals surface area contributed by atoms with Gasteiger partial charge in [0.1, 0.15) is 10.2 Å². The van der Waals surface area contributed by atoms with E-state index in [1.54, 1.807) is 11.7 Å². The van der Waals surface area contributed by atoms with Gasteiger partial charge in [0.25, 0.3) is 5.56 Å². The summed E-state index contributed by atoms with van der Waals surface area (Å²) in [4.78, 5) is 15.5. The van der Waals surface area contributed by atoms with E-state index >= 15 is 0 Å². The van der Waals surface area contributed by atoms with Crippen LogP contribution >= 0.6 is 11.3 Å². The summed E-state index contributed by atoms with van der Waals surface area (Å²) in [5.41, 5.74) is 2.31. The smallest absolute Gasteiger partial charge is 0.266 e. The van der Waals surface area contributed by atoms with E-state index in [9.17, 15) is 4.79 Å². The van der Waals surface area contributed by atoms with E-state index in [2.05, 4.69) is 10.1 Å². The van der Waals surface area contributed by atoms with Crippen molar-refractivity contribution < 1.29 is 0 Å². The highest BCUT2D eigenvalue weighted by Crippen LogP contribution is 2.10. The molecule has 0 bridgehead atoms. The molecule has 0 saturated heterocycles. The normalized spacial score (nSPS) is 10.8. The largest absolute Gasteiger partial charge is 0.286 e. The number of fused-ring (bicyclic) bond motifs is 1. The van der Waals surface area contributed by atoms with Gasteiger partial charge in [-0.2, -0.15) is 5.10 Å². The van der Waals surface area contributed by atoms with Crippen LogP contribution in [0, 0.1) is 0 Å². The quantitative estimate of drug-likeness (QED) is 0.656. The van der Waals surface area contributed by atoms with E-state index in [4.69, 9.17) is 0 Å². The lowest BCUT2D eigenvalue weighted by Gasteiger charge is -1.96. The molecule has 0 saturated carbocycles. The fourth-order valence-electron chi connectivity index (χ4n) is 1.03. The fourth-order valence-corrected chi connectivity index (χ4v) is 1.73. The van der Waals surface area contributed by atoms with Gasteiger partial charge < -0.3 is 0 Å². The summed E-state index contributed by atoms with van der Waals surface area (Å²) >= 11 is 1.36. The molecule has 0 atom stereocenters. The third-order valence-electron chi connectivity index (χ3n) is 1.64. The maximum atomic E-state index is 11.5. The minimum atomic E-state index is -0.0440. The van der Waals surface area contributed by atoms with Gasteiger partial charge in [-0.3, -0.25) is 4.79 Å². The molecule has 12 heavy (non-hydrogen) atoms. The molecule has 0 aromatic carbocycles. The SMILES string of the molecule is CCn1ncc2ncsc2c1=O. The molecule has 0 aliphatic heterocycles. The number of hydrogen-bond acceptors (Lipinski definition) is 4. The number of rotatable bonds is 1. The van der Waals surface area contributed by atoms with Crippen molar-refractivity contribution in [1.82, 2.24) is 14.8 Å². The van der Waals surface area contributed by atoms with Crippen molar-refractivity contribution in [3.63, 3.8) is 0 Å². The van der Waals surface area contributed by atoms with Crippen LogP contribution in [0.25, 0.3) is 10.2 Å². The van der Waals surface area contributed by atoms with Crippen LogP contribution in [0.4, 0.5) is 0 Å². The Hall–Kier alpha value is -1.23. The lowest BCUT2D eigenvalue weighted by atomic mass is 10.5. The maximum absolute atomic E-state index is 11.5.